The first-order valence-corrected chi connectivity index (χ1v) is 9.52. The van der Waals surface area contributed by atoms with Gasteiger partial charge in [-0.1, -0.05) is 19.1 Å². The Morgan fingerprint density at radius 1 is 1.04 bits per heavy atom. The van der Waals surface area contributed by atoms with E-state index in [-0.39, 0.29) is 18.2 Å². The van der Waals surface area contributed by atoms with Crippen LogP contribution in [0.25, 0.3) is 0 Å². The zero-order valence-corrected chi connectivity index (χ0v) is 15.8. The lowest BCUT2D eigenvalue weighted by atomic mass is 10.00. The normalized spacial score (nSPS) is 20.8. The van der Waals surface area contributed by atoms with E-state index in [0.29, 0.717) is 19.0 Å². The molecule has 0 N–H and O–H groups in total. The first kappa shape index (κ1) is 18.5. The summed E-state index contributed by atoms with van der Waals surface area (Å²) in [5, 5.41) is 0. The molecule has 1 atom stereocenters. The van der Waals surface area contributed by atoms with Gasteiger partial charge in [0.1, 0.15) is 12.2 Å². The maximum Gasteiger partial charge on any atom is 0.232 e. The summed E-state index contributed by atoms with van der Waals surface area (Å²) in [6, 6.07) is 7.94. The molecule has 2 aliphatic heterocycles. The Hall–Kier alpha value is -2.24. The van der Waals surface area contributed by atoms with Crippen LogP contribution in [0.4, 0.5) is 5.69 Å². The largest absolute Gasteiger partial charge is 0.495 e. The fourth-order valence-electron chi connectivity index (χ4n) is 3.86. The molecule has 0 saturated carbocycles. The van der Waals surface area contributed by atoms with Crippen molar-refractivity contribution in [3.05, 3.63) is 24.3 Å². The van der Waals surface area contributed by atoms with Gasteiger partial charge in [-0.2, -0.15) is 0 Å². The first-order valence-electron chi connectivity index (χ1n) is 9.52. The molecule has 2 fully saturated rings. The van der Waals surface area contributed by atoms with Crippen molar-refractivity contribution in [2.45, 2.75) is 26.2 Å². The average molecular weight is 359 g/mol. The standard InChI is InChI=1S/C20H29N3O3/c1-16-6-5-9-23(15-16)20(25)14-19(24)22-12-10-21(11-13-22)17-7-3-4-8-18(17)26-2/h3-4,7-8,16H,5-6,9-15H2,1-2H3. The minimum atomic E-state index is -0.0482. The van der Waals surface area contributed by atoms with Crippen molar-refractivity contribution in [1.29, 1.82) is 0 Å². The molecular formula is C20H29N3O3. The Morgan fingerprint density at radius 3 is 2.42 bits per heavy atom. The molecule has 0 spiro atoms. The maximum absolute atomic E-state index is 12.5. The van der Waals surface area contributed by atoms with E-state index < -0.39 is 0 Å². The number of hydrogen-bond acceptors (Lipinski definition) is 4. The van der Waals surface area contributed by atoms with E-state index >= 15 is 0 Å². The summed E-state index contributed by atoms with van der Waals surface area (Å²) in [6.45, 7) is 6.52. The first-order chi connectivity index (χ1) is 12.6. The van der Waals surface area contributed by atoms with Gasteiger partial charge in [-0.3, -0.25) is 9.59 Å². The molecule has 0 aliphatic carbocycles. The lowest BCUT2D eigenvalue weighted by molar-refractivity contribution is -0.141. The second kappa shape index (κ2) is 8.43. The number of piperazine rings is 1. The van der Waals surface area contributed by atoms with Gasteiger partial charge < -0.3 is 19.4 Å². The number of amides is 2. The second-order valence-corrected chi connectivity index (χ2v) is 7.30. The maximum atomic E-state index is 12.5. The minimum Gasteiger partial charge on any atom is -0.495 e. The van der Waals surface area contributed by atoms with E-state index in [1.165, 1.54) is 6.42 Å². The Labute approximate surface area is 155 Å². The highest BCUT2D eigenvalue weighted by Gasteiger charge is 2.27. The van der Waals surface area contributed by atoms with Crippen molar-refractivity contribution in [2.24, 2.45) is 5.92 Å². The fraction of sp³-hybridized carbons (Fsp3) is 0.600. The molecule has 1 unspecified atom stereocenters. The third-order valence-electron chi connectivity index (χ3n) is 5.37. The summed E-state index contributed by atoms with van der Waals surface area (Å²) >= 11 is 0. The minimum absolute atomic E-state index is 0.00137. The number of ether oxygens (including phenoxy) is 1. The van der Waals surface area contributed by atoms with Crippen LogP contribution in [0.15, 0.2) is 24.3 Å². The van der Waals surface area contributed by atoms with E-state index in [4.69, 9.17) is 4.74 Å². The third-order valence-corrected chi connectivity index (χ3v) is 5.37. The van der Waals surface area contributed by atoms with Gasteiger partial charge >= 0.3 is 0 Å². The van der Waals surface area contributed by atoms with Crippen molar-refractivity contribution in [3.63, 3.8) is 0 Å². The number of methoxy groups -OCH3 is 1. The molecule has 3 rings (SSSR count). The molecule has 2 saturated heterocycles. The lowest BCUT2D eigenvalue weighted by Crippen LogP contribution is -2.50. The predicted molar refractivity (Wildman–Crippen MR) is 101 cm³/mol. The molecule has 26 heavy (non-hydrogen) atoms. The van der Waals surface area contributed by atoms with E-state index in [1.54, 1.807) is 7.11 Å². The van der Waals surface area contributed by atoms with Gasteiger partial charge in [0.25, 0.3) is 0 Å². The highest BCUT2D eigenvalue weighted by molar-refractivity contribution is 5.97. The monoisotopic (exact) mass is 359 g/mol. The average Bonchev–Trinajstić information content (AvgIpc) is 2.68. The topological polar surface area (TPSA) is 53.1 Å². The number of hydrogen-bond donors (Lipinski definition) is 0. The van der Waals surface area contributed by atoms with E-state index in [2.05, 4.69) is 11.8 Å². The Balaban J connectivity index is 1.51. The molecule has 0 radical (unpaired) electrons. The lowest BCUT2D eigenvalue weighted by Gasteiger charge is -2.37. The highest BCUT2D eigenvalue weighted by Crippen LogP contribution is 2.28. The van der Waals surface area contributed by atoms with Crippen molar-refractivity contribution in [1.82, 2.24) is 9.80 Å². The summed E-state index contributed by atoms with van der Waals surface area (Å²) < 4.78 is 5.43. The smallest absolute Gasteiger partial charge is 0.232 e. The van der Waals surface area contributed by atoms with Crippen LogP contribution in [0, 0.1) is 5.92 Å². The molecule has 6 nitrogen and oxygen atoms in total. The van der Waals surface area contributed by atoms with Gasteiger partial charge in [-0.25, -0.2) is 0 Å². The van der Waals surface area contributed by atoms with Gasteiger partial charge in [0.05, 0.1) is 12.8 Å². The molecule has 0 aromatic heterocycles. The van der Waals surface area contributed by atoms with E-state index in [9.17, 15) is 9.59 Å². The summed E-state index contributed by atoms with van der Waals surface area (Å²) in [5.74, 6) is 1.32. The molecule has 2 amide bonds. The van der Waals surface area contributed by atoms with Crippen LogP contribution in [0.2, 0.25) is 0 Å². The Bertz CT molecular complexity index is 641. The predicted octanol–water partition coefficient (Wildman–Crippen LogP) is 1.99. The van der Waals surface area contributed by atoms with Crippen LogP contribution in [0.1, 0.15) is 26.2 Å². The molecule has 142 valence electrons. The van der Waals surface area contributed by atoms with E-state index in [1.807, 2.05) is 34.1 Å². The Kier molecular flexibility index (Phi) is 6.01. The van der Waals surface area contributed by atoms with Gasteiger partial charge in [-0.05, 0) is 30.9 Å². The zero-order chi connectivity index (χ0) is 18.5. The number of anilines is 1. The van der Waals surface area contributed by atoms with Crippen molar-refractivity contribution in [3.8, 4) is 5.75 Å². The molecule has 1 aromatic carbocycles. The molecule has 1 aromatic rings. The summed E-state index contributed by atoms with van der Waals surface area (Å²) in [6.07, 6.45) is 2.21. The molecular weight excluding hydrogens is 330 g/mol. The van der Waals surface area contributed by atoms with Gasteiger partial charge in [-0.15, -0.1) is 0 Å². The number of carbonyl (C=O) groups is 2. The number of nitrogens with zero attached hydrogens (tertiary/aromatic N) is 3. The number of benzene rings is 1. The van der Waals surface area contributed by atoms with Crippen LogP contribution in [-0.2, 0) is 9.59 Å². The number of carbonyl (C=O) groups excluding carboxylic acids is 2. The summed E-state index contributed by atoms with van der Waals surface area (Å²) in [4.78, 5) is 30.9. The van der Waals surface area contributed by atoms with Crippen molar-refractivity contribution >= 4 is 17.5 Å². The van der Waals surface area contributed by atoms with Crippen molar-refractivity contribution < 1.29 is 14.3 Å². The molecule has 0 bridgehead atoms. The van der Waals surface area contributed by atoms with Crippen LogP contribution >= 0.6 is 0 Å². The van der Waals surface area contributed by atoms with Crippen LogP contribution < -0.4 is 9.64 Å². The van der Waals surface area contributed by atoms with E-state index in [0.717, 1.165) is 44.0 Å². The van der Waals surface area contributed by atoms with Crippen LogP contribution in [-0.4, -0.2) is 68.0 Å². The quantitative estimate of drug-likeness (QED) is 0.772. The van der Waals surface area contributed by atoms with Gasteiger partial charge in [0.15, 0.2) is 0 Å². The highest BCUT2D eigenvalue weighted by atomic mass is 16.5. The van der Waals surface area contributed by atoms with Crippen LogP contribution in [0.5, 0.6) is 5.75 Å². The van der Waals surface area contributed by atoms with Crippen molar-refractivity contribution in [2.75, 3.05) is 51.3 Å². The van der Waals surface area contributed by atoms with Crippen LogP contribution in [0.3, 0.4) is 0 Å². The fourth-order valence-corrected chi connectivity index (χ4v) is 3.86. The zero-order valence-electron chi connectivity index (χ0n) is 15.8. The third kappa shape index (κ3) is 4.29. The van der Waals surface area contributed by atoms with Gasteiger partial charge in [0.2, 0.25) is 11.8 Å². The second-order valence-electron chi connectivity index (χ2n) is 7.30. The molecule has 2 aliphatic rings. The molecule has 2 heterocycles. The number of rotatable bonds is 4. The summed E-state index contributed by atoms with van der Waals surface area (Å²) in [7, 11) is 1.67. The SMILES string of the molecule is COc1ccccc1N1CCN(C(=O)CC(=O)N2CCCC(C)C2)CC1. The number of piperidine rings is 1. The van der Waals surface area contributed by atoms with Gasteiger partial charge in [0, 0.05) is 39.3 Å². The summed E-state index contributed by atoms with van der Waals surface area (Å²) in [5.41, 5.74) is 1.06. The Morgan fingerprint density at radius 2 is 1.73 bits per heavy atom. The molecule has 6 heteroatoms. The number of likely N-dealkylation sites (tertiary alicyclic amines) is 1. The number of para-hydroxylation sites is 2.